The number of nitriles is 1. The van der Waals surface area contributed by atoms with Gasteiger partial charge in [-0.2, -0.15) is 10.4 Å². The Morgan fingerprint density at radius 3 is 2.94 bits per heavy atom. The summed E-state index contributed by atoms with van der Waals surface area (Å²) in [4.78, 5) is 4.08. The molecule has 4 nitrogen and oxygen atoms in total. The molecule has 0 unspecified atom stereocenters. The van der Waals surface area contributed by atoms with E-state index in [9.17, 15) is 0 Å². The molecule has 0 aliphatic carbocycles. The second-order valence-corrected chi connectivity index (χ2v) is 4.07. The Balaban J connectivity index is 2.23. The smallest absolute Gasteiger partial charge is 0.0999 e. The van der Waals surface area contributed by atoms with Crippen LogP contribution >= 0.6 is 0 Å². The number of rotatable bonds is 1. The molecule has 0 fully saturated rings. The van der Waals surface area contributed by atoms with Gasteiger partial charge in [0.05, 0.1) is 23.3 Å². The second kappa shape index (κ2) is 3.97. The number of aromatic nitrogens is 3. The van der Waals surface area contributed by atoms with Crippen molar-refractivity contribution in [2.45, 2.75) is 0 Å². The topological polar surface area (TPSA) is 54.5 Å². The van der Waals surface area contributed by atoms with Crippen molar-refractivity contribution in [3.05, 3.63) is 48.4 Å². The molecule has 4 heteroatoms. The lowest BCUT2D eigenvalue weighted by molar-refractivity contribution is 0.797. The Morgan fingerprint density at radius 1 is 1.22 bits per heavy atom. The van der Waals surface area contributed by atoms with Crippen LogP contribution in [-0.4, -0.2) is 14.8 Å². The maximum Gasteiger partial charge on any atom is 0.0999 e. The molecule has 0 aliphatic heterocycles. The van der Waals surface area contributed by atoms with Crippen LogP contribution in [0.5, 0.6) is 0 Å². The molecule has 0 radical (unpaired) electrons. The average molecular weight is 234 g/mol. The first kappa shape index (κ1) is 10.5. The fourth-order valence-corrected chi connectivity index (χ4v) is 2.05. The Kier molecular flexibility index (Phi) is 2.31. The van der Waals surface area contributed by atoms with Crippen molar-refractivity contribution < 1.29 is 0 Å². The number of benzene rings is 1. The molecule has 0 atom stereocenters. The summed E-state index contributed by atoms with van der Waals surface area (Å²) in [6, 6.07) is 9.93. The minimum atomic E-state index is 0.633. The van der Waals surface area contributed by atoms with Crippen molar-refractivity contribution in [3.8, 4) is 17.2 Å². The summed E-state index contributed by atoms with van der Waals surface area (Å²) in [6.07, 6.45) is 5.17. The fourth-order valence-electron chi connectivity index (χ4n) is 2.05. The molecule has 0 bridgehead atoms. The van der Waals surface area contributed by atoms with Gasteiger partial charge in [-0.15, -0.1) is 0 Å². The van der Waals surface area contributed by atoms with E-state index in [4.69, 9.17) is 5.26 Å². The summed E-state index contributed by atoms with van der Waals surface area (Å²) in [5.41, 5.74) is 3.54. The third kappa shape index (κ3) is 1.54. The van der Waals surface area contributed by atoms with Crippen LogP contribution in [0.1, 0.15) is 5.56 Å². The molecular formula is C14H10N4. The fraction of sp³-hybridized carbons (Fsp3) is 0.0714. The lowest BCUT2D eigenvalue weighted by Crippen LogP contribution is -1.89. The van der Waals surface area contributed by atoms with Gasteiger partial charge in [0, 0.05) is 30.4 Å². The molecule has 1 aromatic carbocycles. The van der Waals surface area contributed by atoms with Crippen LogP contribution in [-0.2, 0) is 7.05 Å². The standard InChI is InChI=1S/C14H10N4/c1-18-14-3-2-10(6-12(14)8-17-18)13-9-16-5-4-11(13)7-15/h2-6,8-9H,1H3. The molecule has 18 heavy (non-hydrogen) atoms. The predicted molar refractivity (Wildman–Crippen MR) is 68.7 cm³/mol. The summed E-state index contributed by atoms with van der Waals surface area (Å²) in [7, 11) is 1.91. The van der Waals surface area contributed by atoms with Crippen LogP contribution < -0.4 is 0 Å². The maximum absolute atomic E-state index is 9.10. The van der Waals surface area contributed by atoms with Crippen molar-refractivity contribution in [3.63, 3.8) is 0 Å². The molecule has 86 valence electrons. The van der Waals surface area contributed by atoms with Gasteiger partial charge in [-0.05, 0) is 23.8 Å². The van der Waals surface area contributed by atoms with Crippen molar-refractivity contribution in [2.24, 2.45) is 7.05 Å². The molecule has 0 amide bonds. The van der Waals surface area contributed by atoms with E-state index >= 15 is 0 Å². The summed E-state index contributed by atoms with van der Waals surface area (Å²) in [6.45, 7) is 0. The van der Waals surface area contributed by atoms with Crippen molar-refractivity contribution >= 4 is 10.9 Å². The zero-order valence-corrected chi connectivity index (χ0v) is 9.83. The molecule has 3 aromatic rings. The summed E-state index contributed by atoms with van der Waals surface area (Å²) < 4.78 is 1.83. The van der Waals surface area contributed by atoms with E-state index in [0.29, 0.717) is 5.56 Å². The summed E-state index contributed by atoms with van der Waals surface area (Å²) >= 11 is 0. The van der Waals surface area contributed by atoms with Crippen molar-refractivity contribution in [1.29, 1.82) is 5.26 Å². The Morgan fingerprint density at radius 2 is 2.11 bits per heavy atom. The van der Waals surface area contributed by atoms with Gasteiger partial charge in [0.25, 0.3) is 0 Å². The number of fused-ring (bicyclic) bond motifs is 1. The third-order valence-electron chi connectivity index (χ3n) is 3.00. The number of pyridine rings is 1. The zero-order valence-electron chi connectivity index (χ0n) is 9.83. The number of hydrogen-bond acceptors (Lipinski definition) is 3. The van der Waals surface area contributed by atoms with Gasteiger partial charge in [0.1, 0.15) is 0 Å². The van der Waals surface area contributed by atoms with Crippen LogP contribution in [0.4, 0.5) is 0 Å². The second-order valence-electron chi connectivity index (χ2n) is 4.07. The van der Waals surface area contributed by atoms with Gasteiger partial charge in [0.15, 0.2) is 0 Å². The highest BCUT2D eigenvalue weighted by Crippen LogP contribution is 2.25. The van der Waals surface area contributed by atoms with Gasteiger partial charge in [-0.1, -0.05) is 6.07 Å². The largest absolute Gasteiger partial charge is 0.268 e. The minimum absolute atomic E-state index is 0.633. The van der Waals surface area contributed by atoms with Gasteiger partial charge < -0.3 is 0 Å². The molecule has 2 heterocycles. The summed E-state index contributed by atoms with van der Waals surface area (Å²) in [5.74, 6) is 0. The highest BCUT2D eigenvalue weighted by molar-refractivity contribution is 5.85. The molecule has 0 aliphatic rings. The minimum Gasteiger partial charge on any atom is -0.268 e. The molecular weight excluding hydrogens is 224 g/mol. The highest BCUT2D eigenvalue weighted by atomic mass is 15.2. The van der Waals surface area contributed by atoms with Crippen molar-refractivity contribution in [2.75, 3.05) is 0 Å². The Labute approximate surface area is 104 Å². The van der Waals surface area contributed by atoms with Gasteiger partial charge in [0.2, 0.25) is 0 Å². The summed E-state index contributed by atoms with van der Waals surface area (Å²) in [5, 5.41) is 14.4. The number of hydrogen-bond donors (Lipinski definition) is 0. The van der Waals surface area contributed by atoms with E-state index < -0.39 is 0 Å². The first-order chi connectivity index (χ1) is 8.79. The van der Waals surface area contributed by atoms with Crippen LogP contribution in [0, 0.1) is 11.3 Å². The quantitative estimate of drug-likeness (QED) is 0.650. The van der Waals surface area contributed by atoms with Crippen LogP contribution in [0.25, 0.3) is 22.0 Å². The normalized spacial score (nSPS) is 10.4. The average Bonchev–Trinajstić information content (AvgIpc) is 2.80. The van der Waals surface area contributed by atoms with E-state index in [1.165, 1.54) is 0 Å². The van der Waals surface area contributed by atoms with Gasteiger partial charge in [-0.3, -0.25) is 9.67 Å². The van der Waals surface area contributed by atoms with Crippen molar-refractivity contribution in [1.82, 2.24) is 14.8 Å². The molecule has 0 spiro atoms. The first-order valence-electron chi connectivity index (χ1n) is 5.56. The molecule has 0 saturated carbocycles. The molecule has 3 rings (SSSR count). The molecule has 0 N–H and O–H groups in total. The first-order valence-corrected chi connectivity index (χ1v) is 5.56. The maximum atomic E-state index is 9.10. The monoisotopic (exact) mass is 234 g/mol. The molecule has 0 saturated heterocycles. The lowest BCUT2D eigenvalue weighted by Gasteiger charge is -2.03. The Bertz CT molecular complexity index is 765. The Hall–Kier alpha value is -2.67. The lowest BCUT2D eigenvalue weighted by atomic mass is 10.0. The van der Waals surface area contributed by atoms with E-state index in [-0.39, 0.29) is 0 Å². The number of nitrogens with zero attached hydrogens (tertiary/aromatic N) is 4. The number of aryl methyl sites for hydroxylation is 1. The van der Waals surface area contributed by atoms with E-state index in [2.05, 4.69) is 16.2 Å². The van der Waals surface area contributed by atoms with Gasteiger partial charge in [-0.25, -0.2) is 0 Å². The van der Waals surface area contributed by atoms with Crippen LogP contribution in [0.15, 0.2) is 42.9 Å². The zero-order chi connectivity index (χ0) is 12.5. The van der Waals surface area contributed by atoms with Gasteiger partial charge >= 0.3 is 0 Å². The van der Waals surface area contributed by atoms with E-state index in [1.54, 1.807) is 18.5 Å². The molecule has 2 aromatic heterocycles. The third-order valence-corrected chi connectivity index (χ3v) is 3.00. The SMILES string of the molecule is Cn1ncc2cc(-c3cnccc3C#N)ccc21. The van der Waals surface area contributed by atoms with E-state index in [1.807, 2.05) is 36.1 Å². The van der Waals surface area contributed by atoms with Crippen LogP contribution in [0.2, 0.25) is 0 Å². The van der Waals surface area contributed by atoms with Crippen LogP contribution in [0.3, 0.4) is 0 Å². The predicted octanol–water partition coefficient (Wildman–Crippen LogP) is 2.51. The van der Waals surface area contributed by atoms with E-state index in [0.717, 1.165) is 22.0 Å². The highest BCUT2D eigenvalue weighted by Gasteiger charge is 2.06.